The normalized spacial score (nSPS) is 20.2. The maximum atomic E-state index is 10.5. The second kappa shape index (κ2) is 4.48. The summed E-state index contributed by atoms with van der Waals surface area (Å²) in [5.74, 6) is 2.12. The molecule has 0 amide bonds. The molecule has 1 aromatic rings. The van der Waals surface area contributed by atoms with Gasteiger partial charge in [0.05, 0.1) is 5.60 Å². The van der Waals surface area contributed by atoms with Gasteiger partial charge in [0.1, 0.15) is 0 Å². The first-order valence-electron chi connectivity index (χ1n) is 5.19. The van der Waals surface area contributed by atoms with Crippen molar-refractivity contribution in [1.29, 1.82) is 0 Å². The molecule has 1 N–H and O–H groups in total. The van der Waals surface area contributed by atoms with E-state index in [2.05, 4.69) is 28.9 Å². The first-order valence-corrected chi connectivity index (χ1v) is 7.13. The maximum absolute atomic E-state index is 10.5. The zero-order chi connectivity index (χ0) is 10.9. The van der Waals surface area contributed by atoms with Crippen LogP contribution in [0.2, 0.25) is 0 Å². The maximum Gasteiger partial charge on any atom is 0.0912 e. The lowest BCUT2D eigenvalue weighted by molar-refractivity contribution is 0.0280. The van der Waals surface area contributed by atoms with Gasteiger partial charge in [0.2, 0.25) is 0 Å². The molecule has 1 saturated heterocycles. The van der Waals surface area contributed by atoms with Crippen molar-refractivity contribution in [2.75, 3.05) is 11.5 Å². The molecule has 0 unspecified atom stereocenters. The van der Waals surface area contributed by atoms with Crippen LogP contribution in [0.1, 0.15) is 24.0 Å². The monoisotopic (exact) mass is 286 g/mol. The average Bonchev–Trinajstić information content (AvgIpc) is 2.23. The van der Waals surface area contributed by atoms with Gasteiger partial charge in [0, 0.05) is 4.47 Å². The van der Waals surface area contributed by atoms with Crippen molar-refractivity contribution in [1.82, 2.24) is 0 Å². The summed E-state index contributed by atoms with van der Waals surface area (Å²) < 4.78 is 1.11. The van der Waals surface area contributed by atoms with Gasteiger partial charge in [-0.25, -0.2) is 0 Å². The minimum atomic E-state index is -0.587. The van der Waals surface area contributed by atoms with E-state index in [0.717, 1.165) is 34.4 Å². The van der Waals surface area contributed by atoms with E-state index in [4.69, 9.17) is 0 Å². The average molecular weight is 287 g/mol. The van der Waals surface area contributed by atoms with Crippen molar-refractivity contribution in [2.24, 2.45) is 0 Å². The van der Waals surface area contributed by atoms with Crippen molar-refractivity contribution in [3.05, 3.63) is 33.8 Å². The quantitative estimate of drug-likeness (QED) is 0.853. The molecule has 1 aromatic carbocycles. The molecule has 82 valence electrons. The Morgan fingerprint density at radius 1 is 1.33 bits per heavy atom. The highest BCUT2D eigenvalue weighted by Gasteiger charge is 2.31. The Balaban J connectivity index is 2.31. The molecule has 2 rings (SSSR count). The molecule has 0 saturated carbocycles. The number of hydrogen-bond acceptors (Lipinski definition) is 2. The second-order valence-electron chi connectivity index (χ2n) is 4.11. The molecule has 0 aliphatic carbocycles. The molecule has 1 aliphatic rings. The summed E-state index contributed by atoms with van der Waals surface area (Å²) in [5, 5.41) is 10.5. The zero-order valence-corrected chi connectivity index (χ0v) is 11.2. The second-order valence-corrected chi connectivity index (χ2v) is 6.19. The lowest BCUT2D eigenvalue weighted by Crippen LogP contribution is -2.30. The lowest BCUT2D eigenvalue weighted by Gasteiger charge is -2.32. The number of benzene rings is 1. The molecule has 1 aliphatic heterocycles. The van der Waals surface area contributed by atoms with Crippen LogP contribution in [0.4, 0.5) is 0 Å². The highest BCUT2D eigenvalue weighted by atomic mass is 79.9. The van der Waals surface area contributed by atoms with Gasteiger partial charge in [-0.2, -0.15) is 11.8 Å². The molecule has 0 radical (unpaired) electrons. The molecule has 1 fully saturated rings. The summed E-state index contributed by atoms with van der Waals surface area (Å²) in [4.78, 5) is 0. The van der Waals surface area contributed by atoms with Crippen LogP contribution in [-0.2, 0) is 5.60 Å². The van der Waals surface area contributed by atoms with E-state index < -0.39 is 5.60 Å². The Bertz CT molecular complexity index is 359. The van der Waals surface area contributed by atoms with E-state index in [1.54, 1.807) is 0 Å². The lowest BCUT2D eigenvalue weighted by atomic mass is 9.87. The fourth-order valence-corrected chi connectivity index (χ4v) is 3.35. The molecule has 0 bridgehead atoms. The smallest absolute Gasteiger partial charge is 0.0912 e. The predicted octanol–water partition coefficient (Wildman–Crippen LogP) is 3.47. The molecule has 3 heteroatoms. The minimum absolute atomic E-state index is 0.587. The van der Waals surface area contributed by atoms with Crippen molar-refractivity contribution in [3.63, 3.8) is 0 Å². The number of aliphatic hydroxyl groups is 1. The topological polar surface area (TPSA) is 20.2 Å². The SMILES string of the molecule is Cc1cc(C2(O)CCSCC2)ccc1Br. The number of rotatable bonds is 1. The fourth-order valence-electron chi connectivity index (χ4n) is 1.93. The number of hydrogen-bond donors (Lipinski definition) is 1. The van der Waals surface area contributed by atoms with Crippen LogP contribution >= 0.6 is 27.7 Å². The molecule has 0 aromatic heterocycles. The van der Waals surface area contributed by atoms with Crippen LogP contribution in [0.15, 0.2) is 22.7 Å². The van der Waals surface area contributed by atoms with Gasteiger partial charge in [0.15, 0.2) is 0 Å². The third-order valence-corrected chi connectivity index (χ3v) is 4.89. The van der Waals surface area contributed by atoms with Gasteiger partial charge in [0.25, 0.3) is 0 Å². The summed E-state index contributed by atoms with van der Waals surface area (Å²) in [7, 11) is 0. The van der Waals surface area contributed by atoms with Crippen LogP contribution in [-0.4, -0.2) is 16.6 Å². The molecule has 0 spiro atoms. The Labute approximate surface area is 103 Å². The van der Waals surface area contributed by atoms with Gasteiger partial charge in [-0.15, -0.1) is 0 Å². The van der Waals surface area contributed by atoms with Gasteiger partial charge in [-0.3, -0.25) is 0 Å². The summed E-state index contributed by atoms with van der Waals surface area (Å²) in [6.07, 6.45) is 1.75. The van der Waals surface area contributed by atoms with Crippen molar-refractivity contribution in [2.45, 2.75) is 25.4 Å². The number of halogens is 1. The Morgan fingerprint density at radius 2 is 2.00 bits per heavy atom. The first-order chi connectivity index (χ1) is 7.12. The summed E-state index contributed by atoms with van der Waals surface area (Å²) >= 11 is 5.42. The van der Waals surface area contributed by atoms with Gasteiger partial charge >= 0.3 is 0 Å². The van der Waals surface area contributed by atoms with Crippen molar-refractivity contribution >= 4 is 27.7 Å². The van der Waals surface area contributed by atoms with Gasteiger partial charge in [-0.1, -0.05) is 28.1 Å². The Kier molecular flexibility index (Phi) is 3.43. The highest BCUT2D eigenvalue weighted by molar-refractivity contribution is 9.10. The standard InChI is InChI=1S/C12H15BrOS/c1-9-8-10(2-3-11(9)13)12(14)4-6-15-7-5-12/h2-3,8,14H,4-7H2,1H3. The van der Waals surface area contributed by atoms with Crippen molar-refractivity contribution in [3.8, 4) is 0 Å². The third kappa shape index (κ3) is 2.40. The highest BCUT2D eigenvalue weighted by Crippen LogP contribution is 2.36. The Hall–Kier alpha value is 0.01000. The third-order valence-electron chi connectivity index (χ3n) is 3.02. The molecule has 15 heavy (non-hydrogen) atoms. The Morgan fingerprint density at radius 3 is 2.60 bits per heavy atom. The summed E-state index contributed by atoms with van der Waals surface area (Å²) in [6.45, 7) is 2.06. The number of thioether (sulfide) groups is 1. The van der Waals surface area contributed by atoms with Gasteiger partial charge in [-0.05, 0) is 48.5 Å². The fraction of sp³-hybridized carbons (Fsp3) is 0.500. The van der Waals surface area contributed by atoms with E-state index in [9.17, 15) is 5.11 Å². The molecular weight excluding hydrogens is 272 g/mol. The van der Waals surface area contributed by atoms with Crippen LogP contribution in [0.25, 0.3) is 0 Å². The predicted molar refractivity (Wildman–Crippen MR) is 69.3 cm³/mol. The summed E-state index contributed by atoms with van der Waals surface area (Å²) in [5.41, 5.74) is 1.68. The molecular formula is C12H15BrOS. The van der Waals surface area contributed by atoms with Crippen LogP contribution in [0.3, 0.4) is 0 Å². The van der Waals surface area contributed by atoms with E-state index in [0.29, 0.717) is 0 Å². The zero-order valence-electron chi connectivity index (χ0n) is 8.79. The first kappa shape index (κ1) is 11.5. The van der Waals surface area contributed by atoms with Crippen LogP contribution < -0.4 is 0 Å². The molecule has 1 nitrogen and oxygen atoms in total. The summed E-state index contributed by atoms with van der Waals surface area (Å²) in [6, 6.07) is 6.16. The minimum Gasteiger partial charge on any atom is -0.385 e. The van der Waals surface area contributed by atoms with Crippen molar-refractivity contribution < 1.29 is 5.11 Å². The van der Waals surface area contributed by atoms with Crippen LogP contribution in [0.5, 0.6) is 0 Å². The van der Waals surface area contributed by atoms with E-state index in [-0.39, 0.29) is 0 Å². The number of aryl methyl sites for hydroxylation is 1. The molecule has 0 atom stereocenters. The van der Waals surface area contributed by atoms with Crippen LogP contribution in [0, 0.1) is 6.92 Å². The van der Waals surface area contributed by atoms with Gasteiger partial charge < -0.3 is 5.11 Å². The van der Waals surface area contributed by atoms with E-state index in [1.807, 2.05) is 23.9 Å². The van der Waals surface area contributed by atoms with E-state index >= 15 is 0 Å². The largest absolute Gasteiger partial charge is 0.385 e. The van der Waals surface area contributed by atoms with E-state index in [1.165, 1.54) is 5.56 Å². The molecule has 1 heterocycles.